The van der Waals surface area contributed by atoms with Crippen LogP contribution in [0.4, 0.5) is 0 Å². The molecule has 0 aliphatic carbocycles. The molecule has 1 aliphatic rings. The summed E-state index contributed by atoms with van der Waals surface area (Å²) in [6.07, 6.45) is 2.32. The van der Waals surface area contributed by atoms with Crippen LogP contribution >= 0.6 is 0 Å². The van der Waals surface area contributed by atoms with Gasteiger partial charge in [0.15, 0.2) is 0 Å². The van der Waals surface area contributed by atoms with E-state index in [0.717, 1.165) is 12.2 Å². The number of hydrogen-bond donors (Lipinski definition) is 1. The molecule has 2 aromatic heterocycles. The van der Waals surface area contributed by atoms with E-state index in [9.17, 15) is 14.7 Å². The maximum Gasteiger partial charge on any atom is 0.295 e. The molecular weight excluding hydrogens is 370 g/mol. The Morgan fingerprint density at radius 2 is 1.97 bits per heavy atom. The van der Waals surface area contributed by atoms with Crippen LogP contribution < -0.4 is 0 Å². The first-order valence-corrected chi connectivity index (χ1v) is 9.58. The number of amides is 1. The molecule has 1 N–H and O–H groups in total. The normalized spacial score (nSPS) is 18.8. The Morgan fingerprint density at radius 1 is 1.24 bits per heavy atom. The highest BCUT2D eigenvalue weighted by molar-refractivity contribution is 6.46. The number of carbonyl (C=O) groups is 2. The third-order valence-electron chi connectivity index (χ3n) is 5.26. The van der Waals surface area contributed by atoms with E-state index in [1.807, 2.05) is 32.0 Å². The summed E-state index contributed by atoms with van der Waals surface area (Å²) in [5, 5.41) is 15.5. The van der Waals surface area contributed by atoms with Crippen LogP contribution in [0.1, 0.15) is 35.1 Å². The molecule has 29 heavy (non-hydrogen) atoms. The minimum atomic E-state index is -0.725. The average Bonchev–Trinajstić information content (AvgIpc) is 3.08. The van der Waals surface area contributed by atoms with Crippen molar-refractivity contribution < 1.29 is 14.7 Å². The number of pyridine rings is 1. The van der Waals surface area contributed by atoms with Gasteiger partial charge in [-0.3, -0.25) is 19.3 Å². The van der Waals surface area contributed by atoms with Crippen molar-refractivity contribution in [3.05, 3.63) is 52.6 Å². The van der Waals surface area contributed by atoms with Crippen molar-refractivity contribution in [3.8, 4) is 0 Å². The Morgan fingerprint density at radius 3 is 2.52 bits per heavy atom. The predicted molar refractivity (Wildman–Crippen MR) is 109 cm³/mol. The van der Waals surface area contributed by atoms with Gasteiger partial charge in [-0.2, -0.15) is 5.10 Å². The van der Waals surface area contributed by atoms with Gasteiger partial charge in [-0.15, -0.1) is 0 Å². The second-order valence-electron chi connectivity index (χ2n) is 7.57. The molecule has 0 saturated carbocycles. The number of aryl methyl sites for hydroxylation is 2. The second-order valence-corrected chi connectivity index (χ2v) is 7.57. The quantitative estimate of drug-likeness (QED) is 0.454. The molecule has 0 bridgehead atoms. The maximum atomic E-state index is 13.0. The molecule has 0 spiro atoms. The lowest BCUT2D eigenvalue weighted by atomic mass is 9.97. The van der Waals surface area contributed by atoms with Crippen LogP contribution in [0.3, 0.4) is 0 Å². The molecular formula is C21H27N5O3. The summed E-state index contributed by atoms with van der Waals surface area (Å²) in [5.41, 5.74) is 2.43. The molecule has 0 unspecified atom stereocenters. The van der Waals surface area contributed by atoms with Gasteiger partial charge in [0.05, 0.1) is 22.5 Å². The summed E-state index contributed by atoms with van der Waals surface area (Å²) < 4.78 is 1.65. The van der Waals surface area contributed by atoms with Crippen molar-refractivity contribution >= 4 is 17.4 Å². The molecule has 1 aliphatic heterocycles. The van der Waals surface area contributed by atoms with Gasteiger partial charge in [0.2, 0.25) is 0 Å². The zero-order chi connectivity index (χ0) is 21.3. The first-order valence-electron chi connectivity index (χ1n) is 9.58. The highest BCUT2D eigenvalue weighted by Crippen LogP contribution is 2.39. The van der Waals surface area contributed by atoms with Crippen LogP contribution in [0.15, 0.2) is 30.0 Å². The third kappa shape index (κ3) is 3.80. The molecule has 1 amide bonds. The fourth-order valence-electron chi connectivity index (χ4n) is 3.76. The number of ketones is 1. The molecule has 1 atom stereocenters. The van der Waals surface area contributed by atoms with Crippen LogP contribution in [0.2, 0.25) is 0 Å². The van der Waals surface area contributed by atoms with E-state index in [-0.39, 0.29) is 11.3 Å². The fourth-order valence-corrected chi connectivity index (χ4v) is 3.76. The van der Waals surface area contributed by atoms with Gasteiger partial charge in [-0.05, 0) is 53.0 Å². The number of nitrogens with zero attached hydrogens (tertiary/aromatic N) is 5. The summed E-state index contributed by atoms with van der Waals surface area (Å²) in [6, 6.07) is 4.63. The van der Waals surface area contributed by atoms with Crippen molar-refractivity contribution in [1.29, 1.82) is 0 Å². The van der Waals surface area contributed by atoms with Gasteiger partial charge in [0.25, 0.3) is 11.7 Å². The Kier molecular flexibility index (Phi) is 5.83. The van der Waals surface area contributed by atoms with Crippen LogP contribution in [-0.4, -0.2) is 68.5 Å². The number of Topliss-reactive ketones (excluding diaryl/α,β-unsaturated/α-hetero) is 1. The van der Waals surface area contributed by atoms with Gasteiger partial charge in [-0.25, -0.2) is 0 Å². The highest BCUT2D eigenvalue weighted by Gasteiger charge is 2.46. The number of aromatic nitrogens is 3. The molecule has 1 saturated heterocycles. The van der Waals surface area contributed by atoms with E-state index in [0.29, 0.717) is 29.9 Å². The summed E-state index contributed by atoms with van der Waals surface area (Å²) >= 11 is 0. The summed E-state index contributed by atoms with van der Waals surface area (Å²) in [6.45, 7) is 4.76. The van der Waals surface area contributed by atoms with Crippen molar-refractivity contribution in [2.24, 2.45) is 7.05 Å². The van der Waals surface area contributed by atoms with Gasteiger partial charge < -0.3 is 14.9 Å². The largest absolute Gasteiger partial charge is 0.507 e. The number of rotatable bonds is 6. The standard InChI is InChI=1S/C21H27N5O3/c1-13-16(14(2)25(5)23-13)19(27)17-18(15-9-6-7-10-22-15)26(21(29)20(17)28)12-8-11-24(3)4/h6-7,9-10,18,27H,8,11-12H2,1-5H3/t18-/m0/s1. The lowest BCUT2D eigenvalue weighted by Crippen LogP contribution is -2.32. The van der Waals surface area contributed by atoms with Gasteiger partial charge in [0, 0.05) is 25.5 Å². The number of aliphatic hydroxyl groups is 1. The molecule has 1 fully saturated rings. The maximum absolute atomic E-state index is 13.0. The molecule has 154 valence electrons. The zero-order valence-corrected chi connectivity index (χ0v) is 17.5. The highest BCUT2D eigenvalue weighted by atomic mass is 16.3. The molecule has 0 aromatic carbocycles. The molecule has 3 heterocycles. The van der Waals surface area contributed by atoms with Crippen molar-refractivity contribution in [1.82, 2.24) is 24.6 Å². The molecule has 2 aromatic rings. The number of hydrogen-bond acceptors (Lipinski definition) is 6. The minimum absolute atomic E-state index is 0.0674. The monoisotopic (exact) mass is 397 g/mol. The Hall–Kier alpha value is -3.00. The molecule has 3 rings (SSSR count). The van der Waals surface area contributed by atoms with Gasteiger partial charge >= 0.3 is 0 Å². The van der Waals surface area contributed by atoms with Gasteiger partial charge in [0.1, 0.15) is 11.8 Å². The Bertz CT molecular complexity index is 962. The van der Waals surface area contributed by atoms with E-state index < -0.39 is 17.7 Å². The molecule has 8 nitrogen and oxygen atoms in total. The third-order valence-corrected chi connectivity index (χ3v) is 5.26. The fraction of sp³-hybridized carbons (Fsp3) is 0.429. The second kappa shape index (κ2) is 8.16. The van der Waals surface area contributed by atoms with Crippen molar-refractivity contribution in [2.45, 2.75) is 26.3 Å². The summed E-state index contributed by atoms with van der Waals surface area (Å²) in [4.78, 5) is 33.7. The summed E-state index contributed by atoms with van der Waals surface area (Å²) in [5.74, 6) is -1.50. The number of likely N-dealkylation sites (tertiary alicyclic amines) is 1. The first kappa shape index (κ1) is 20.7. The van der Waals surface area contributed by atoms with Crippen LogP contribution in [-0.2, 0) is 16.6 Å². The minimum Gasteiger partial charge on any atom is -0.507 e. The van der Waals surface area contributed by atoms with E-state index in [1.165, 1.54) is 4.90 Å². The van der Waals surface area contributed by atoms with Crippen LogP contribution in [0.25, 0.3) is 5.76 Å². The van der Waals surface area contributed by atoms with E-state index in [2.05, 4.69) is 10.1 Å². The van der Waals surface area contributed by atoms with E-state index >= 15 is 0 Å². The lowest BCUT2D eigenvalue weighted by molar-refractivity contribution is -0.140. The van der Waals surface area contributed by atoms with Gasteiger partial charge in [-0.1, -0.05) is 6.07 Å². The number of aliphatic hydroxyl groups excluding tert-OH is 1. The summed E-state index contributed by atoms with van der Waals surface area (Å²) in [7, 11) is 5.69. The number of carbonyl (C=O) groups excluding carboxylic acids is 2. The molecule has 0 radical (unpaired) electrons. The van der Waals surface area contributed by atoms with Crippen molar-refractivity contribution in [3.63, 3.8) is 0 Å². The average molecular weight is 397 g/mol. The smallest absolute Gasteiger partial charge is 0.295 e. The SMILES string of the molecule is Cc1nn(C)c(C)c1C(O)=C1C(=O)C(=O)N(CCCN(C)C)[C@H]1c1ccccn1. The van der Waals surface area contributed by atoms with Crippen LogP contribution in [0.5, 0.6) is 0 Å². The predicted octanol–water partition coefficient (Wildman–Crippen LogP) is 1.81. The first-order chi connectivity index (χ1) is 13.7. The lowest BCUT2D eigenvalue weighted by Gasteiger charge is -2.25. The zero-order valence-electron chi connectivity index (χ0n) is 17.5. The van der Waals surface area contributed by atoms with Crippen molar-refractivity contribution in [2.75, 3.05) is 27.2 Å². The molecule has 8 heteroatoms. The Balaban J connectivity index is 2.13. The van der Waals surface area contributed by atoms with Crippen LogP contribution in [0, 0.1) is 13.8 Å². The topological polar surface area (TPSA) is 91.6 Å². The van der Waals surface area contributed by atoms with E-state index in [4.69, 9.17) is 0 Å². The Labute approximate surface area is 170 Å². The van der Waals surface area contributed by atoms with E-state index in [1.54, 1.807) is 37.0 Å².